The van der Waals surface area contributed by atoms with Gasteiger partial charge in [-0.3, -0.25) is 29.0 Å². The van der Waals surface area contributed by atoms with E-state index < -0.39 is 0 Å². The number of carbonyl (C=O) groups excluding carboxylic acids is 4. The van der Waals surface area contributed by atoms with E-state index in [4.69, 9.17) is 24.4 Å². The largest absolute Gasteiger partial charge is 0.360 e. The van der Waals surface area contributed by atoms with Gasteiger partial charge in [0.15, 0.2) is 11.6 Å². The second-order valence-corrected chi connectivity index (χ2v) is 13.9. The number of rotatable bonds is 8. The molecule has 12 heteroatoms. The van der Waals surface area contributed by atoms with Crippen LogP contribution >= 0.6 is 48.0 Å². The molecule has 0 unspecified atom stereocenters. The van der Waals surface area contributed by atoms with Crippen LogP contribution in [-0.2, 0) is 22.7 Å². The van der Waals surface area contributed by atoms with Gasteiger partial charge in [0.1, 0.15) is 8.64 Å². The molecule has 226 valence electrons. The maximum absolute atomic E-state index is 13.2. The fraction of sp³-hybridized carbons (Fsp3) is 0.0588. The summed E-state index contributed by atoms with van der Waals surface area (Å²) < 4.78 is 0.747. The van der Waals surface area contributed by atoms with E-state index in [9.17, 15) is 19.2 Å². The van der Waals surface area contributed by atoms with Crippen molar-refractivity contribution in [2.24, 2.45) is 0 Å². The van der Waals surface area contributed by atoms with Crippen LogP contribution in [0.25, 0.3) is 21.8 Å². The zero-order chi connectivity index (χ0) is 31.9. The lowest BCUT2D eigenvalue weighted by Crippen LogP contribution is -2.28. The molecule has 2 N–H and O–H groups in total. The summed E-state index contributed by atoms with van der Waals surface area (Å²) in [6.07, 6.45) is 5.99. The number of allylic oxidation sites excluding steroid dienone is 2. The quantitative estimate of drug-likeness (QED) is 0.104. The number of thioether (sulfide) groups is 2. The van der Waals surface area contributed by atoms with E-state index in [-0.39, 0.29) is 46.3 Å². The maximum atomic E-state index is 13.2. The number of thiocarbonyl (C=S) groups is 2. The van der Waals surface area contributed by atoms with Gasteiger partial charge in [0.05, 0.1) is 22.9 Å². The zero-order valence-corrected chi connectivity index (χ0v) is 27.1. The number of aromatic nitrogens is 2. The summed E-state index contributed by atoms with van der Waals surface area (Å²) in [5, 5.41) is 1.58. The summed E-state index contributed by atoms with van der Waals surface area (Å²) >= 11 is 13.2. The number of nitrogens with zero attached hydrogens (tertiary/aromatic N) is 2. The summed E-state index contributed by atoms with van der Waals surface area (Å²) in [5.74, 6) is -1.18. The van der Waals surface area contributed by atoms with Crippen LogP contribution in [0.1, 0.15) is 31.8 Å². The van der Waals surface area contributed by atoms with Crippen molar-refractivity contribution in [2.45, 2.75) is 13.1 Å². The van der Waals surface area contributed by atoms with Crippen LogP contribution in [0.15, 0.2) is 107 Å². The van der Waals surface area contributed by atoms with Crippen molar-refractivity contribution in [1.82, 2.24) is 19.8 Å². The highest BCUT2D eigenvalue weighted by Gasteiger charge is 2.34. The van der Waals surface area contributed by atoms with Crippen LogP contribution in [0.5, 0.6) is 0 Å². The first-order valence-corrected chi connectivity index (χ1v) is 16.5. The molecule has 7 rings (SSSR count). The van der Waals surface area contributed by atoms with Crippen LogP contribution in [0.2, 0.25) is 0 Å². The number of para-hydroxylation sites is 2. The van der Waals surface area contributed by atoms with Gasteiger partial charge in [0, 0.05) is 57.5 Å². The Balaban J connectivity index is 0.999. The molecule has 2 amide bonds. The van der Waals surface area contributed by atoms with Crippen molar-refractivity contribution in [3.63, 3.8) is 0 Å². The molecule has 2 aliphatic rings. The standard InChI is InChI=1S/C34H22N4O4S4/c39-27(23-15-35-25-7-3-1-5-21(23)25)13-29-31(41)37(33(43)45-29)17-19-9-11-20(12-10-19)18-38-32(42)30(46-34(38)44)14-28(40)24-16-36-26-8-4-2-6-22(24)26/h1-16,35-36H,17-18H2/b29-13-,30-14-. The summed E-state index contributed by atoms with van der Waals surface area (Å²) in [7, 11) is 0. The number of amides is 2. The minimum absolute atomic E-state index is 0.239. The van der Waals surface area contributed by atoms with Gasteiger partial charge in [-0.05, 0) is 23.3 Å². The van der Waals surface area contributed by atoms with Gasteiger partial charge in [0.2, 0.25) is 0 Å². The fourth-order valence-electron chi connectivity index (χ4n) is 5.33. The van der Waals surface area contributed by atoms with Crippen molar-refractivity contribution in [2.75, 3.05) is 0 Å². The van der Waals surface area contributed by atoms with E-state index in [1.807, 2.05) is 72.8 Å². The first-order chi connectivity index (χ1) is 22.3. The molecule has 2 fully saturated rings. The number of aromatic amines is 2. The van der Waals surface area contributed by atoms with Crippen LogP contribution < -0.4 is 0 Å². The monoisotopic (exact) mass is 678 g/mol. The van der Waals surface area contributed by atoms with Gasteiger partial charge < -0.3 is 9.97 Å². The number of fused-ring (bicyclic) bond motifs is 2. The van der Waals surface area contributed by atoms with Crippen molar-refractivity contribution >= 4 is 102 Å². The van der Waals surface area contributed by atoms with Crippen molar-refractivity contribution in [1.29, 1.82) is 0 Å². The Morgan fingerprint density at radius 2 is 1.02 bits per heavy atom. The normalized spacial score (nSPS) is 17.0. The zero-order valence-electron chi connectivity index (χ0n) is 23.8. The number of carbonyl (C=O) groups is 4. The van der Waals surface area contributed by atoms with Crippen molar-refractivity contribution in [3.8, 4) is 0 Å². The highest BCUT2D eigenvalue weighted by Crippen LogP contribution is 2.35. The minimum atomic E-state index is -0.321. The summed E-state index contributed by atoms with van der Waals surface area (Å²) in [6, 6.07) is 22.4. The molecular formula is C34H22N4O4S4. The van der Waals surface area contributed by atoms with Gasteiger partial charge in [-0.15, -0.1) is 0 Å². The van der Waals surface area contributed by atoms with Crippen LogP contribution in [0.3, 0.4) is 0 Å². The lowest BCUT2D eigenvalue weighted by molar-refractivity contribution is -0.123. The molecule has 0 saturated carbocycles. The van der Waals surface area contributed by atoms with Crippen LogP contribution in [0.4, 0.5) is 0 Å². The molecule has 2 aromatic heterocycles. The Bertz CT molecular complexity index is 2040. The van der Waals surface area contributed by atoms with Crippen molar-refractivity contribution < 1.29 is 19.2 Å². The summed E-state index contributed by atoms with van der Waals surface area (Å²) in [5.41, 5.74) is 4.35. The van der Waals surface area contributed by atoms with Gasteiger partial charge in [-0.2, -0.15) is 0 Å². The maximum Gasteiger partial charge on any atom is 0.266 e. The third-order valence-electron chi connectivity index (χ3n) is 7.69. The van der Waals surface area contributed by atoms with E-state index in [0.29, 0.717) is 19.8 Å². The van der Waals surface area contributed by atoms with E-state index in [0.717, 1.165) is 56.5 Å². The lowest BCUT2D eigenvalue weighted by Gasteiger charge is -2.16. The van der Waals surface area contributed by atoms with E-state index >= 15 is 0 Å². The average Bonchev–Trinajstić information content (AvgIpc) is 3.81. The molecule has 0 radical (unpaired) electrons. The first kappa shape index (κ1) is 30.1. The molecule has 2 aliphatic heterocycles. The molecule has 0 aliphatic carbocycles. The smallest absolute Gasteiger partial charge is 0.266 e. The topological polar surface area (TPSA) is 106 Å². The predicted octanol–water partition coefficient (Wildman–Crippen LogP) is 6.90. The van der Waals surface area contributed by atoms with E-state index in [1.165, 1.54) is 22.0 Å². The number of H-pyrrole nitrogens is 2. The Hall–Kier alpha value is -4.62. The third kappa shape index (κ3) is 5.64. The van der Waals surface area contributed by atoms with Gasteiger partial charge in [-0.25, -0.2) is 0 Å². The minimum Gasteiger partial charge on any atom is -0.360 e. The van der Waals surface area contributed by atoms with Gasteiger partial charge in [-0.1, -0.05) is 109 Å². The van der Waals surface area contributed by atoms with E-state index in [1.54, 1.807) is 12.4 Å². The molecule has 3 aromatic carbocycles. The van der Waals surface area contributed by atoms with Gasteiger partial charge >= 0.3 is 0 Å². The number of hydrogen-bond donors (Lipinski definition) is 2. The second-order valence-electron chi connectivity index (χ2n) is 10.6. The molecule has 0 spiro atoms. The molecule has 0 bridgehead atoms. The molecule has 2 saturated heterocycles. The third-order valence-corrected chi connectivity index (χ3v) is 10.4. The molecule has 0 atom stereocenters. The number of benzene rings is 3. The van der Waals surface area contributed by atoms with E-state index in [2.05, 4.69) is 9.97 Å². The highest BCUT2D eigenvalue weighted by molar-refractivity contribution is 8.27. The van der Waals surface area contributed by atoms with Gasteiger partial charge in [0.25, 0.3) is 11.8 Å². The predicted molar refractivity (Wildman–Crippen MR) is 189 cm³/mol. The van der Waals surface area contributed by atoms with Crippen LogP contribution in [0, 0.1) is 0 Å². The highest BCUT2D eigenvalue weighted by atomic mass is 32.2. The summed E-state index contributed by atoms with van der Waals surface area (Å²) in [4.78, 5) is 62.1. The Kier molecular flexibility index (Phi) is 8.03. The molecule has 46 heavy (non-hydrogen) atoms. The SMILES string of the molecule is O=C(/C=C1\SC(=S)N(Cc2ccc(CN3C(=O)/C(=C/C(=O)c4c[nH]c5ccccc45)SC3=S)cc2)C1=O)c1c[nH]c2ccccc12. The Morgan fingerprint density at radius 1 is 0.630 bits per heavy atom. The fourth-order valence-corrected chi connectivity index (χ4v) is 7.78. The molecular weight excluding hydrogens is 657 g/mol. The second kappa shape index (κ2) is 12.3. The Morgan fingerprint density at radius 3 is 1.43 bits per heavy atom. The Labute approximate surface area is 281 Å². The van der Waals surface area contributed by atoms with Crippen molar-refractivity contribution in [3.05, 3.63) is 129 Å². The first-order valence-electron chi connectivity index (χ1n) is 14.1. The molecule has 5 aromatic rings. The molecule has 4 heterocycles. The number of ketones is 2. The summed E-state index contributed by atoms with van der Waals surface area (Å²) in [6.45, 7) is 0.479. The number of nitrogens with one attached hydrogen (secondary N) is 2. The number of hydrogen-bond acceptors (Lipinski definition) is 8. The molecule has 8 nitrogen and oxygen atoms in total. The van der Waals surface area contributed by atoms with Crippen LogP contribution in [-0.4, -0.2) is 51.8 Å². The lowest BCUT2D eigenvalue weighted by atomic mass is 10.1. The average molecular weight is 679 g/mol.